The van der Waals surface area contributed by atoms with Crippen LogP contribution in [0.1, 0.15) is 22.3 Å². The molecule has 0 saturated carbocycles. The van der Waals surface area contributed by atoms with Crippen molar-refractivity contribution in [2.24, 2.45) is 0 Å². The molecule has 0 aliphatic carbocycles. The molecule has 0 bridgehead atoms. The Labute approximate surface area is 95.9 Å². The lowest BCUT2D eigenvalue weighted by Gasteiger charge is -2.16. The van der Waals surface area contributed by atoms with Crippen LogP contribution < -0.4 is 5.32 Å². The second-order valence-electron chi connectivity index (χ2n) is 3.30. The van der Waals surface area contributed by atoms with Gasteiger partial charge in [-0.1, -0.05) is 0 Å². The molecule has 2 unspecified atom stereocenters. The molecule has 7 heteroatoms. The molecule has 16 heavy (non-hydrogen) atoms. The van der Waals surface area contributed by atoms with E-state index in [1.54, 1.807) is 6.92 Å². The zero-order valence-electron chi connectivity index (χ0n) is 8.80. The molecular formula is C9H12N2O4S. The van der Waals surface area contributed by atoms with Crippen LogP contribution in [0.4, 0.5) is 0 Å². The molecule has 1 amide bonds. The molecule has 0 saturated heterocycles. The van der Waals surface area contributed by atoms with Crippen LogP contribution >= 0.6 is 11.3 Å². The predicted molar refractivity (Wildman–Crippen MR) is 57.4 cm³/mol. The number of aliphatic carboxylic acids is 1. The molecule has 3 N–H and O–H groups in total. The topological polar surface area (TPSA) is 99.5 Å². The molecular weight excluding hydrogens is 232 g/mol. The van der Waals surface area contributed by atoms with E-state index in [2.05, 4.69) is 10.3 Å². The summed E-state index contributed by atoms with van der Waals surface area (Å²) in [6.45, 7) is 2.96. The Morgan fingerprint density at radius 2 is 2.19 bits per heavy atom. The molecule has 6 nitrogen and oxygen atoms in total. The van der Waals surface area contributed by atoms with Crippen molar-refractivity contribution in [3.63, 3.8) is 0 Å². The first-order valence-electron chi connectivity index (χ1n) is 4.55. The average Bonchev–Trinajstić information content (AvgIpc) is 2.59. The first-order valence-corrected chi connectivity index (χ1v) is 5.43. The number of hydrogen-bond donors (Lipinski definition) is 3. The number of carboxylic acids is 1. The number of carbonyl (C=O) groups is 2. The number of thiazole rings is 1. The van der Waals surface area contributed by atoms with E-state index in [1.165, 1.54) is 12.4 Å². The summed E-state index contributed by atoms with van der Waals surface area (Å²) >= 11 is 1.13. The summed E-state index contributed by atoms with van der Waals surface area (Å²) in [5, 5.41) is 20.2. The van der Waals surface area contributed by atoms with Gasteiger partial charge < -0.3 is 15.5 Å². The van der Waals surface area contributed by atoms with E-state index in [9.17, 15) is 14.7 Å². The van der Waals surface area contributed by atoms with Crippen molar-refractivity contribution in [2.45, 2.75) is 26.0 Å². The average molecular weight is 244 g/mol. The molecule has 88 valence electrons. The third-order valence-corrected chi connectivity index (χ3v) is 2.91. The maximum absolute atomic E-state index is 11.6. The minimum Gasteiger partial charge on any atom is -0.480 e. The van der Waals surface area contributed by atoms with Gasteiger partial charge >= 0.3 is 5.97 Å². The maximum Gasteiger partial charge on any atom is 0.328 e. The summed E-state index contributed by atoms with van der Waals surface area (Å²) in [5.74, 6) is -1.81. The van der Waals surface area contributed by atoms with Crippen molar-refractivity contribution in [3.05, 3.63) is 16.1 Å². The van der Waals surface area contributed by atoms with Crippen molar-refractivity contribution < 1.29 is 19.8 Å². The van der Waals surface area contributed by atoms with Crippen LogP contribution in [0, 0.1) is 6.92 Å². The summed E-state index contributed by atoms with van der Waals surface area (Å²) in [6, 6.07) is -1.31. The van der Waals surface area contributed by atoms with E-state index >= 15 is 0 Å². The standard InChI is InChI=1S/C9H12N2O4S/c1-4-7(16-3-10-4)8(13)11-6(5(2)12)9(14)15/h3,5-6,12H,1-2H3,(H,11,13)(H,14,15). The summed E-state index contributed by atoms with van der Waals surface area (Å²) in [6.07, 6.45) is -1.16. The van der Waals surface area contributed by atoms with Gasteiger partial charge in [-0.2, -0.15) is 0 Å². The van der Waals surface area contributed by atoms with Gasteiger partial charge in [0.25, 0.3) is 5.91 Å². The number of amides is 1. The molecule has 1 rings (SSSR count). The van der Waals surface area contributed by atoms with Crippen LogP contribution in [-0.4, -0.2) is 39.2 Å². The fourth-order valence-electron chi connectivity index (χ4n) is 1.12. The number of carbonyl (C=O) groups excluding carboxylic acids is 1. The highest BCUT2D eigenvalue weighted by molar-refractivity contribution is 7.11. The first kappa shape index (κ1) is 12.6. The monoisotopic (exact) mass is 244 g/mol. The van der Waals surface area contributed by atoms with E-state index < -0.39 is 24.0 Å². The quantitative estimate of drug-likeness (QED) is 0.693. The van der Waals surface area contributed by atoms with Crippen LogP contribution in [0.15, 0.2) is 5.51 Å². The Kier molecular flexibility index (Phi) is 3.97. The van der Waals surface area contributed by atoms with Crippen molar-refractivity contribution in [1.82, 2.24) is 10.3 Å². The van der Waals surface area contributed by atoms with E-state index in [-0.39, 0.29) is 0 Å². The fraction of sp³-hybridized carbons (Fsp3) is 0.444. The number of aliphatic hydroxyl groups is 1. The minimum atomic E-state index is -1.31. The fourth-order valence-corrected chi connectivity index (χ4v) is 1.82. The number of carboxylic acid groups (broad SMARTS) is 1. The SMILES string of the molecule is Cc1ncsc1C(=O)NC(C(=O)O)C(C)O. The number of rotatable bonds is 4. The summed E-state index contributed by atoms with van der Waals surface area (Å²) in [7, 11) is 0. The van der Waals surface area contributed by atoms with E-state index in [0.29, 0.717) is 10.6 Å². The number of aliphatic hydroxyl groups excluding tert-OH is 1. The van der Waals surface area contributed by atoms with Gasteiger partial charge in [0.2, 0.25) is 0 Å². The lowest BCUT2D eigenvalue weighted by molar-refractivity contribution is -0.141. The molecule has 0 spiro atoms. The number of aromatic nitrogens is 1. The second-order valence-corrected chi connectivity index (χ2v) is 4.15. The lowest BCUT2D eigenvalue weighted by atomic mass is 10.2. The Hall–Kier alpha value is -1.47. The zero-order chi connectivity index (χ0) is 12.3. The third kappa shape index (κ3) is 2.77. The number of hydrogen-bond acceptors (Lipinski definition) is 5. The first-order chi connectivity index (χ1) is 7.43. The van der Waals surface area contributed by atoms with Crippen molar-refractivity contribution in [1.29, 1.82) is 0 Å². The lowest BCUT2D eigenvalue weighted by Crippen LogP contribution is -2.47. The van der Waals surface area contributed by atoms with Crippen LogP contribution in [0.3, 0.4) is 0 Å². The van der Waals surface area contributed by atoms with Crippen LogP contribution in [0.2, 0.25) is 0 Å². The normalized spacial score (nSPS) is 14.2. The van der Waals surface area contributed by atoms with Crippen molar-refractivity contribution >= 4 is 23.2 Å². The van der Waals surface area contributed by atoms with E-state index in [4.69, 9.17) is 5.11 Å². The Morgan fingerprint density at radius 3 is 2.56 bits per heavy atom. The number of aryl methyl sites for hydroxylation is 1. The summed E-state index contributed by atoms with van der Waals surface area (Å²) in [4.78, 5) is 26.6. The Bertz CT molecular complexity index is 402. The van der Waals surface area contributed by atoms with E-state index in [0.717, 1.165) is 11.3 Å². The molecule has 0 radical (unpaired) electrons. The third-order valence-electron chi connectivity index (χ3n) is 1.99. The van der Waals surface area contributed by atoms with Gasteiger partial charge in [0.05, 0.1) is 17.3 Å². The minimum absolute atomic E-state index is 0.354. The van der Waals surface area contributed by atoms with Crippen LogP contribution in [-0.2, 0) is 4.79 Å². The molecule has 0 aliphatic rings. The molecule has 1 heterocycles. The summed E-state index contributed by atoms with van der Waals surface area (Å²) < 4.78 is 0. The van der Waals surface area contributed by atoms with Gasteiger partial charge in [-0.15, -0.1) is 11.3 Å². The van der Waals surface area contributed by atoms with Crippen LogP contribution in [0.5, 0.6) is 0 Å². The molecule has 0 fully saturated rings. The predicted octanol–water partition coefficient (Wildman–Crippen LogP) is 0.0153. The van der Waals surface area contributed by atoms with Crippen molar-refractivity contribution in [2.75, 3.05) is 0 Å². The smallest absolute Gasteiger partial charge is 0.328 e. The van der Waals surface area contributed by atoms with Gasteiger partial charge in [0, 0.05) is 0 Å². The molecule has 1 aromatic heterocycles. The van der Waals surface area contributed by atoms with Gasteiger partial charge in [-0.05, 0) is 13.8 Å². The highest BCUT2D eigenvalue weighted by atomic mass is 32.1. The Balaban J connectivity index is 2.77. The molecule has 1 aromatic rings. The molecule has 2 atom stereocenters. The summed E-state index contributed by atoms with van der Waals surface area (Å²) in [5.41, 5.74) is 2.04. The number of nitrogens with one attached hydrogen (secondary N) is 1. The Morgan fingerprint density at radius 1 is 1.56 bits per heavy atom. The maximum atomic E-state index is 11.6. The van der Waals surface area contributed by atoms with E-state index in [1.807, 2.05) is 0 Å². The molecule has 0 aliphatic heterocycles. The number of nitrogens with zero attached hydrogens (tertiary/aromatic N) is 1. The highest BCUT2D eigenvalue weighted by Gasteiger charge is 2.26. The van der Waals surface area contributed by atoms with Gasteiger partial charge in [-0.3, -0.25) is 4.79 Å². The van der Waals surface area contributed by atoms with Crippen LogP contribution in [0.25, 0.3) is 0 Å². The van der Waals surface area contributed by atoms with Crippen molar-refractivity contribution in [3.8, 4) is 0 Å². The zero-order valence-corrected chi connectivity index (χ0v) is 9.61. The molecule has 0 aromatic carbocycles. The largest absolute Gasteiger partial charge is 0.480 e. The van der Waals surface area contributed by atoms with Gasteiger partial charge in [-0.25, -0.2) is 9.78 Å². The second kappa shape index (κ2) is 5.04. The van der Waals surface area contributed by atoms with Gasteiger partial charge in [0.15, 0.2) is 6.04 Å². The highest BCUT2D eigenvalue weighted by Crippen LogP contribution is 2.12. The van der Waals surface area contributed by atoms with Gasteiger partial charge in [0.1, 0.15) is 4.88 Å².